The lowest BCUT2D eigenvalue weighted by atomic mass is 9.98. The largest absolute Gasteiger partial charge is 0.480 e. The lowest BCUT2D eigenvalue weighted by Crippen LogP contribution is -2.56. The van der Waals surface area contributed by atoms with Gasteiger partial charge in [0, 0.05) is 18.9 Å². The Hall–Kier alpha value is -3.49. The summed E-state index contributed by atoms with van der Waals surface area (Å²) in [7, 11) is 0. The number of carbonyl (C=O) groups excluding carboxylic acids is 2. The van der Waals surface area contributed by atoms with Gasteiger partial charge in [-0.15, -0.1) is 0 Å². The van der Waals surface area contributed by atoms with Crippen molar-refractivity contribution >= 4 is 18.0 Å². The first-order chi connectivity index (χ1) is 16.4. The number of carboxylic acid groups (broad SMARTS) is 1. The quantitative estimate of drug-likeness (QED) is 0.635. The van der Waals surface area contributed by atoms with Crippen molar-refractivity contribution in [3.8, 4) is 11.1 Å². The number of halogens is 2. The standard InChI is InChI=1S/C25H26F2N2O5/c26-22(27)13-20(23(30)29-12-6-5-11-21(29)24(31)32)28-25(33)34-14-19-17-9-3-1-7-15(17)16-8-2-4-10-18(16)19/h1-4,7-10,19-22H,5-6,11-14H2,(H,28,33)(H,31,32)/t20?,21-/m0/s1. The van der Waals surface area contributed by atoms with E-state index < -0.39 is 42.9 Å². The number of aliphatic carboxylic acids is 1. The Labute approximate surface area is 195 Å². The van der Waals surface area contributed by atoms with Crippen LogP contribution < -0.4 is 5.32 Å². The first kappa shape index (κ1) is 23.7. The van der Waals surface area contributed by atoms with Gasteiger partial charge in [-0.1, -0.05) is 48.5 Å². The van der Waals surface area contributed by atoms with Gasteiger partial charge in [0.15, 0.2) is 0 Å². The van der Waals surface area contributed by atoms with E-state index in [-0.39, 0.29) is 25.5 Å². The molecular weight excluding hydrogens is 446 g/mol. The van der Waals surface area contributed by atoms with Crippen LogP contribution in [-0.4, -0.2) is 59.6 Å². The molecule has 4 rings (SSSR count). The molecule has 0 saturated carbocycles. The minimum Gasteiger partial charge on any atom is -0.480 e. The number of carbonyl (C=O) groups is 3. The van der Waals surface area contributed by atoms with E-state index in [2.05, 4.69) is 5.32 Å². The van der Waals surface area contributed by atoms with Crippen LogP contribution in [0.2, 0.25) is 0 Å². The molecule has 1 fully saturated rings. The molecule has 2 aromatic carbocycles. The average molecular weight is 472 g/mol. The second-order valence-electron chi connectivity index (χ2n) is 8.53. The predicted octanol–water partition coefficient (Wildman–Crippen LogP) is 4.01. The maximum Gasteiger partial charge on any atom is 0.407 e. The summed E-state index contributed by atoms with van der Waals surface area (Å²) in [5, 5.41) is 11.7. The molecule has 2 aromatic rings. The number of alkyl carbamates (subject to hydrolysis) is 1. The second-order valence-corrected chi connectivity index (χ2v) is 8.53. The molecule has 2 atom stereocenters. The molecule has 0 bridgehead atoms. The molecule has 0 spiro atoms. The smallest absolute Gasteiger partial charge is 0.407 e. The van der Waals surface area contributed by atoms with E-state index in [9.17, 15) is 28.3 Å². The van der Waals surface area contributed by atoms with E-state index in [0.717, 1.165) is 27.2 Å². The van der Waals surface area contributed by atoms with Gasteiger partial charge < -0.3 is 20.1 Å². The molecule has 34 heavy (non-hydrogen) atoms. The average Bonchev–Trinajstić information content (AvgIpc) is 3.15. The summed E-state index contributed by atoms with van der Waals surface area (Å²) in [5.41, 5.74) is 4.08. The highest BCUT2D eigenvalue weighted by Gasteiger charge is 2.37. The lowest BCUT2D eigenvalue weighted by Gasteiger charge is -2.35. The number of amides is 2. The van der Waals surface area contributed by atoms with Crippen molar-refractivity contribution in [3.05, 3.63) is 59.7 Å². The fraction of sp³-hybridized carbons (Fsp3) is 0.400. The SMILES string of the molecule is O=C(NC(CC(F)F)C(=O)N1CCCC[C@H]1C(=O)O)OCC1c2ccccc2-c2ccccc21. The van der Waals surface area contributed by atoms with Gasteiger partial charge >= 0.3 is 12.1 Å². The van der Waals surface area contributed by atoms with Gasteiger partial charge in [0.25, 0.3) is 0 Å². The van der Waals surface area contributed by atoms with Crippen LogP contribution >= 0.6 is 0 Å². The van der Waals surface area contributed by atoms with Crippen molar-refractivity contribution in [2.45, 2.75) is 50.1 Å². The molecule has 0 radical (unpaired) electrons. The van der Waals surface area contributed by atoms with E-state index in [4.69, 9.17) is 4.74 Å². The molecule has 9 heteroatoms. The maximum absolute atomic E-state index is 13.2. The van der Waals surface area contributed by atoms with Gasteiger partial charge in [-0.25, -0.2) is 18.4 Å². The number of likely N-dealkylation sites (tertiary alicyclic amines) is 1. The lowest BCUT2D eigenvalue weighted by molar-refractivity contribution is -0.153. The fourth-order valence-corrected chi connectivity index (χ4v) is 4.83. The molecule has 1 heterocycles. The van der Waals surface area contributed by atoms with Crippen LogP contribution in [0.5, 0.6) is 0 Å². The normalized spacial score (nSPS) is 18.2. The van der Waals surface area contributed by atoms with Crippen molar-refractivity contribution in [3.63, 3.8) is 0 Å². The number of carboxylic acids is 1. The summed E-state index contributed by atoms with van der Waals surface area (Å²) < 4.78 is 31.8. The molecule has 7 nitrogen and oxygen atoms in total. The van der Waals surface area contributed by atoms with Crippen molar-refractivity contribution in [2.75, 3.05) is 13.2 Å². The zero-order chi connectivity index (χ0) is 24.2. The van der Waals surface area contributed by atoms with Crippen molar-refractivity contribution in [2.24, 2.45) is 0 Å². The van der Waals surface area contributed by atoms with Crippen LogP contribution in [0, 0.1) is 0 Å². The monoisotopic (exact) mass is 472 g/mol. The number of hydrogen-bond acceptors (Lipinski definition) is 4. The van der Waals surface area contributed by atoms with Crippen LogP contribution in [0.3, 0.4) is 0 Å². The minimum absolute atomic E-state index is 0.0308. The van der Waals surface area contributed by atoms with Gasteiger partial charge in [-0.3, -0.25) is 4.79 Å². The highest BCUT2D eigenvalue weighted by molar-refractivity contribution is 5.89. The van der Waals surface area contributed by atoms with Gasteiger partial charge in [-0.2, -0.15) is 0 Å². The first-order valence-corrected chi connectivity index (χ1v) is 11.3. The number of nitrogens with one attached hydrogen (secondary N) is 1. The Morgan fingerprint density at radius 2 is 1.65 bits per heavy atom. The zero-order valence-electron chi connectivity index (χ0n) is 18.5. The molecule has 1 unspecified atom stereocenters. The van der Waals surface area contributed by atoms with E-state index in [1.807, 2.05) is 48.5 Å². The third-order valence-corrected chi connectivity index (χ3v) is 6.42. The van der Waals surface area contributed by atoms with Gasteiger partial charge in [-0.05, 0) is 41.5 Å². The highest BCUT2D eigenvalue weighted by Crippen LogP contribution is 2.44. The summed E-state index contributed by atoms with van der Waals surface area (Å²) in [6.45, 7) is 0.110. The number of rotatable bonds is 7. The topological polar surface area (TPSA) is 95.9 Å². The van der Waals surface area contributed by atoms with E-state index in [0.29, 0.717) is 12.8 Å². The van der Waals surface area contributed by atoms with Crippen molar-refractivity contribution < 1.29 is 33.0 Å². The van der Waals surface area contributed by atoms with Crippen molar-refractivity contribution in [1.29, 1.82) is 0 Å². The number of fused-ring (bicyclic) bond motifs is 3. The third-order valence-electron chi connectivity index (χ3n) is 6.42. The van der Waals surface area contributed by atoms with Crippen LogP contribution in [0.4, 0.5) is 13.6 Å². The summed E-state index contributed by atoms with van der Waals surface area (Å²) in [5.74, 6) is -2.24. The third kappa shape index (κ3) is 4.88. The van der Waals surface area contributed by atoms with Crippen LogP contribution in [0.1, 0.15) is 42.7 Å². The molecular formula is C25H26F2N2O5. The van der Waals surface area contributed by atoms with Gasteiger partial charge in [0.1, 0.15) is 18.7 Å². The molecule has 0 aromatic heterocycles. The number of alkyl halides is 2. The van der Waals surface area contributed by atoms with Gasteiger partial charge in [0.2, 0.25) is 12.3 Å². The molecule has 1 saturated heterocycles. The van der Waals surface area contributed by atoms with Gasteiger partial charge in [0.05, 0.1) is 0 Å². The van der Waals surface area contributed by atoms with Crippen LogP contribution in [0.15, 0.2) is 48.5 Å². The van der Waals surface area contributed by atoms with E-state index in [1.54, 1.807) is 0 Å². The number of ether oxygens (including phenoxy) is 1. The molecule has 2 aliphatic rings. The Balaban J connectivity index is 1.45. The Morgan fingerprint density at radius 1 is 1.03 bits per heavy atom. The fourth-order valence-electron chi connectivity index (χ4n) is 4.83. The van der Waals surface area contributed by atoms with Crippen LogP contribution in [0.25, 0.3) is 11.1 Å². The predicted molar refractivity (Wildman–Crippen MR) is 120 cm³/mol. The molecule has 180 valence electrons. The van der Waals surface area contributed by atoms with E-state index >= 15 is 0 Å². The molecule has 1 aliphatic heterocycles. The zero-order valence-corrected chi connectivity index (χ0v) is 18.5. The number of piperidine rings is 1. The second kappa shape index (κ2) is 10.2. The summed E-state index contributed by atoms with van der Waals surface area (Å²) in [4.78, 5) is 38.1. The maximum atomic E-state index is 13.2. The number of benzene rings is 2. The summed E-state index contributed by atoms with van der Waals surface area (Å²) in [6.07, 6.45) is -3.35. The number of hydrogen-bond donors (Lipinski definition) is 2. The van der Waals surface area contributed by atoms with E-state index in [1.165, 1.54) is 0 Å². The Bertz CT molecular complexity index is 1030. The molecule has 2 amide bonds. The van der Waals surface area contributed by atoms with Crippen molar-refractivity contribution in [1.82, 2.24) is 10.2 Å². The highest BCUT2D eigenvalue weighted by atomic mass is 19.3. The Kier molecular flexibility index (Phi) is 7.09. The van der Waals surface area contributed by atoms with Crippen LogP contribution in [-0.2, 0) is 14.3 Å². The minimum atomic E-state index is -2.86. The molecule has 2 N–H and O–H groups in total. The number of nitrogens with zero attached hydrogens (tertiary/aromatic N) is 1. The molecule has 1 aliphatic carbocycles. The Morgan fingerprint density at radius 3 is 2.24 bits per heavy atom. The first-order valence-electron chi connectivity index (χ1n) is 11.3. The summed E-state index contributed by atoms with van der Waals surface area (Å²) in [6, 6.07) is 12.9. The summed E-state index contributed by atoms with van der Waals surface area (Å²) >= 11 is 0.